The predicted octanol–water partition coefficient (Wildman–Crippen LogP) is -3.43. The third kappa shape index (κ3) is 7.50. The number of carbonyl (C=O) groups is 1. The maximum Gasteiger partial charge on any atom is 0.213 e. The summed E-state index contributed by atoms with van der Waals surface area (Å²) in [7, 11) is 0. The van der Waals surface area contributed by atoms with E-state index in [1.165, 1.54) is 0 Å². The fraction of sp³-hybridized carbons (Fsp3) is 0.900. The Hall–Kier alpha value is -0.650. The largest absolute Gasteiger partial charge is 0.391 e. The Balaban J connectivity index is 0. The number of carbonyl (C=O) groups excluding carboxylic acids is 1. The van der Waals surface area contributed by atoms with Crippen LogP contribution in [0.5, 0.6) is 0 Å². The molecule has 0 aromatic carbocycles. The van der Waals surface area contributed by atoms with Crippen LogP contribution in [0.3, 0.4) is 0 Å². The molecule has 19 heavy (non-hydrogen) atoms. The van der Waals surface area contributed by atoms with Gasteiger partial charge in [0.1, 0.15) is 26.4 Å². The molecule has 0 spiro atoms. The summed E-state index contributed by atoms with van der Waals surface area (Å²) in [5.41, 5.74) is 0. The molecule has 0 saturated carbocycles. The summed E-state index contributed by atoms with van der Waals surface area (Å²) in [5, 5.41) is 51.3. The highest BCUT2D eigenvalue weighted by molar-refractivity contribution is 5.80. The van der Waals surface area contributed by atoms with Crippen molar-refractivity contribution in [2.45, 2.75) is 19.0 Å². The highest BCUT2D eigenvalue weighted by atomic mass is 16.7. The van der Waals surface area contributed by atoms with Gasteiger partial charge in [0.15, 0.2) is 5.78 Å². The molecule has 1 aliphatic rings. The van der Waals surface area contributed by atoms with Gasteiger partial charge >= 0.3 is 0 Å². The van der Waals surface area contributed by atoms with Crippen molar-refractivity contribution in [3.63, 3.8) is 0 Å². The average molecular weight is 286 g/mol. The molecule has 6 N–H and O–H groups in total. The summed E-state index contributed by atoms with van der Waals surface area (Å²) >= 11 is 0. The van der Waals surface area contributed by atoms with Crippen molar-refractivity contribution >= 4 is 5.78 Å². The van der Waals surface area contributed by atoms with Gasteiger partial charge in [0.25, 0.3) is 0 Å². The molecular weight excluding hydrogens is 264 g/mol. The standard InChI is InChI=1S/C6H12O6.C3H6O3.CH4/c7-1-5(9)3-12-6(10,2-8)4-11-5;4-1-3(6)2-5;/h7-10H,1-4H2;4-5H,1-2H2;1H4. The van der Waals surface area contributed by atoms with Crippen LogP contribution in [0, 0.1) is 0 Å². The second-order valence-electron chi connectivity index (χ2n) is 3.64. The number of hydrogen-bond donors (Lipinski definition) is 6. The first-order valence-electron chi connectivity index (χ1n) is 5.02. The summed E-state index contributed by atoms with van der Waals surface area (Å²) < 4.78 is 9.38. The molecule has 2 unspecified atom stereocenters. The Bertz CT molecular complexity index is 223. The lowest BCUT2D eigenvalue weighted by atomic mass is 10.2. The van der Waals surface area contributed by atoms with Gasteiger partial charge in [-0.2, -0.15) is 0 Å². The van der Waals surface area contributed by atoms with Gasteiger partial charge in [0.05, 0.1) is 13.2 Å². The number of hydrogen-bond acceptors (Lipinski definition) is 9. The van der Waals surface area contributed by atoms with Crippen LogP contribution in [0.1, 0.15) is 7.43 Å². The fourth-order valence-electron chi connectivity index (χ4n) is 0.810. The Morgan fingerprint density at radius 1 is 0.895 bits per heavy atom. The molecule has 0 aliphatic carbocycles. The van der Waals surface area contributed by atoms with Gasteiger partial charge in [0.2, 0.25) is 11.6 Å². The molecule has 0 radical (unpaired) electrons. The summed E-state index contributed by atoms with van der Waals surface area (Å²) in [4.78, 5) is 9.68. The maximum atomic E-state index is 9.68. The highest BCUT2D eigenvalue weighted by Crippen LogP contribution is 2.20. The third-order valence-corrected chi connectivity index (χ3v) is 1.98. The van der Waals surface area contributed by atoms with Crippen molar-refractivity contribution < 1.29 is 44.9 Å². The smallest absolute Gasteiger partial charge is 0.213 e. The highest BCUT2D eigenvalue weighted by Gasteiger charge is 2.42. The van der Waals surface area contributed by atoms with Crippen molar-refractivity contribution in [3.05, 3.63) is 0 Å². The summed E-state index contributed by atoms with van der Waals surface area (Å²) in [6, 6.07) is 0. The minimum atomic E-state index is -1.76. The number of aliphatic hydroxyl groups excluding tert-OH is 4. The second-order valence-corrected chi connectivity index (χ2v) is 3.64. The van der Waals surface area contributed by atoms with Gasteiger partial charge in [-0.15, -0.1) is 0 Å². The zero-order chi connectivity index (χ0) is 14.2. The van der Waals surface area contributed by atoms with Gasteiger partial charge < -0.3 is 40.1 Å². The predicted molar refractivity (Wildman–Crippen MR) is 61.9 cm³/mol. The van der Waals surface area contributed by atoms with Crippen LogP contribution < -0.4 is 0 Å². The Morgan fingerprint density at radius 2 is 1.21 bits per heavy atom. The molecule has 0 amide bonds. The van der Waals surface area contributed by atoms with E-state index < -0.39 is 43.8 Å². The van der Waals surface area contributed by atoms with Crippen LogP contribution in [-0.2, 0) is 14.3 Å². The van der Waals surface area contributed by atoms with E-state index in [-0.39, 0.29) is 20.6 Å². The van der Waals surface area contributed by atoms with Crippen LogP contribution in [0.15, 0.2) is 0 Å². The second kappa shape index (κ2) is 9.28. The van der Waals surface area contributed by atoms with E-state index >= 15 is 0 Å². The van der Waals surface area contributed by atoms with Crippen molar-refractivity contribution in [1.82, 2.24) is 0 Å². The van der Waals surface area contributed by atoms with Crippen molar-refractivity contribution in [1.29, 1.82) is 0 Å². The topological polar surface area (TPSA) is 157 Å². The molecule has 0 bridgehead atoms. The number of Topliss-reactive ketones (excluding diaryl/α,β-unsaturated/α-hetero) is 1. The molecule has 9 nitrogen and oxygen atoms in total. The van der Waals surface area contributed by atoms with Crippen LogP contribution in [0.2, 0.25) is 0 Å². The quantitative estimate of drug-likeness (QED) is 0.309. The zero-order valence-electron chi connectivity index (χ0n) is 9.65. The van der Waals surface area contributed by atoms with Crippen molar-refractivity contribution in [3.8, 4) is 0 Å². The van der Waals surface area contributed by atoms with Crippen LogP contribution in [-0.4, -0.2) is 87.6 Å². The van der Waals surface area contributed by atoms with Crippen LogP contribution in [0.25, 0.3) is 0 Å². The molecule has 1 saturated heterocycles. The van der Waals surface area contributed by atoms with Gasteiger partial charge in [0, 0.05) is 0 Å². The first kappa shape index (κ1) is 20.7. The first-order chi connectivity index (χ1) is 8.34. The van der Waals surface area contributed by atoms with Crippen LogP contribution >= 0.6 is 0 Å². The summed E-state index contributed by atoms with van der Waals surface area (Å²) in [5.74, 6) is -4.07. The van der Waals surface area contributed by atoms with Gasteiger partial charge in [-0.25, -0.2) is 0 Å². The Morgan fingerprint density at radius 3 is 1.32 bits per heavy atom. The lowest BCUT2D eigenvalue weighted by molar-refractivity contribution is -0.377. The molecule has 1 heterocycles. The van der Waals surface area contributed by atoms with E-state index in [0.717, 1.165) is 0 Å². The minimum absolute atomic E-state index is 0. The molecule has 116 valence electrons. The molecule has 1 fully saturated rings. The molecule has 2 atom stereocenters. The lowest BCUT2D eigenvalue weighted by Gasteiger charge is -2.38. The monoisotopic (exact) mass is 286 g/mol. The third-order valence-electron chi connectivity index (χ3n) is 1.98. The van der Waals surface area contributed by atoms with Gasteiger partial charge in [-0.3, -0.25) is 4.79 Å². The van der Waals surface area contributed by atoms with E-state index in [1.807, 2.05) is 0 Å². The van der Waals surface area contributed by atoms with Crippen LogP contribution in [0.4, 0.5) is 0 Å². The van der Waals surface area contributed by atoms with E-state index in [1.54, 1.807) is 0 Å². The molecule has 1 aliphatic heterocycles. The normalized spacial score (nSPS) is 29.8. The molecule has 9 heteroatoms. The first-order valence-corrected chi connectivity index (χ1v) is 5.02. The number of ketones is 1. The lowest BCUT2D eigenvalue weighted by Crippen LogP contribution is -2.56. The van der Waals surface area contributed by atoms with Crippen molar-refractivity contribution in [2.24, 2.45) is 0 Å². The molecule has 1 rings (SSSR count). The number of aliphatic hydroxyl groups is 6. The molecular formula is C10H22O9. The number of rotatable bonds is 4. The minimum Gasteiger partial charge on any atom is -0.391 e. The molecule has 0 aromatic rings. The fourth-order valence-corrected chi connectivity index (χ4v) is 0.810. The van der Waals surface area contributed by atoms with E-state index in [2.05, 4.69) is 0 Å². The Labute approximate surface area is 110 Å². The van der Waals surface area contributed by atoms with E-state index in [4.69, 9.17) is 29.9 Å². The van der Waals surface area contributed by atoms with Gasteiger partial charge in [-0.1, -0.05) is 7.43 Å². The molecule has 0 aromatic heterocycles. The van der Waals surface area contributed by atoms with E-state index in [0.29, 0.717) is 0 Å². The summed E-state index contributed by atoms with van der Waals surface area (Å²) in [6.07, 6.45) is 0. The van der Waals surface area contributed by atoms with E-state index in [9.17, 15) is 15.0 Å². The number of ether oxygens (including phenoxy) is 2. The maximum absolute atomic E-state index is 9.68. The van der Waals surface area contributed by atoms with Gasteiger partial charge in [-0.05, 0) is 0 Å². The van der Waals surface area contributed by atoms with Crippen molar-refractivity contribution in [2.75, 3.05) is 39.6 Å². The average Bonchev–Trinajstić information content (AvgIpc) is 2.42. The zero-order valence-corrected chi connectivity index (χ0v) is 9.65. The SMILES string of the molecule is C.O=C(CO)CO.OCC1(O)COC(O)(CO)CO1. The Kier molecular flexibility index (Phi) is 10.1. The summed E-state index contributed by atoms with van der Waals surface area (Å²) in [6.45, 7) is -3.10.